The molecule has 9 nitrogen and oxygen atoms in total. The van der Waals surface area contributed by atoms with Crippen LogP contribution in [-0.2, 0) is 4.79 Å². The van der Waals surface area contributed by atoms with Gasteiger partial charge >= 0.3 is 6.01 Å². The highest BCUT2D eigenvalue weighted by Crippen LogP contribution is 2.28. The van der Waals surface area contributed by atoms with Crippen LogP contribution < -0.4 is 14.5 Å². The van der Waals surface area contributed by atoms with Gasteiger partial charge in [0.15, 0.2) is 0 Å². The van der Waals surface area contributed by atoms with Crippen LogP contribution in [0, 0.1) is 5.92 Å². The molecule has 0 bridgehead atoms. The Hall–Kier alpha value is -3.62. The smallest absolute Gasteiger partial charge is 0.318 e. The minimum Gasteiger partial charge on any atom is -0.497 e. The number of piperidine rings is 1. The van der Waals surface area contributed by atoms with E-state index in [1.807, 2.05) is 53.6 Å². The van der Waals surface area contributed by atoms with Crippen LogP contribution in [0.15, 0.2) is 53.1 Å². The molecule has 2 saturated heterocycles. The molecule has 5 rings (SSSR count). The van der Waals surface area contributed by atoms with Gasteiger partial charge in [0.1, 0.15) is 11.6 Å². The Kier molecular flexibility index (Phi) is 6.10. The monoisotopic (exact) mass is 448 g/mol. The molecule has 0 atom stereocenters. The fourth-order valence-corrected chi connectivity index (χ4v) is 4.47. The maximum absolute atomic E-state index is 13.1. The lowest BCUT2D eigenvalue weighted by molar-refractivity contribution is -0.136. The lowest BCUT2D eigenvalue weighted by atomic mass is 9.95. The second kappa shape index (κ2) is 9.48. The van der Waals surface area contributed by atoms with Crippen molar-refractivity contribution >= 4 is 17.7 Å². The van der Waals surface area contributed by atoms with E-state index in [2.05, 4.69) is 25.0 Å². The van der Waals surface area contributed by atoms with Crippen LogP contribution in [0.2, 0.25) is 0 Å². The van der Waals surface area contributed by atoms with Gasteiger partial charge in [0, 0.05) is 56.9 Å². The third-order valence-corrected chi connectivity index (χ3v) is 6.43. The zero-order valence-electron chi connectivity index (χ0n) is 18.8. The maximum Gasteiger partial charge on any atom is 0.318 e. The molecule has 4 heterocycles. The molecular weight excluding hydrogens is 420 g/mol. The molecule has 3 aromatic rings. The Bertz CT molecular complexity index is 1060. The molecule has 33 heavy (non-hydrogen) atoms. The van der Waals surface area contributed by atoms with E-state index >= 15 is 0 Å². The number of benzene rings is 1. The third kappa shape index (κ3) is 4.62. The summed E-state index contributed by atoms with van der Waals surface area (Å²) in [5.41, 5.74) is 0.851. The molecule has 0 spiro atoms. The number of nitrogens with zero attached hydrogens (tertiary/aromatic N) is 6. The summed E-state index contributed by atoms with van der Waals surface area (Å²) in [6, 6.07) is 14.0. The average molecular weight is 449 g/mol. The van der Waals surface area contributed by atoms with Crippen molar-refractivity contribution in [1.29, 1.82) is 0 Å². The highest BCUT2D eigenvalue weighted by Gasteiger charge is 2.32. The number of hydrogen-bond acceptors (Lipinski definition) is 8. The molecule has 1 aromatic carbocycles. The van der Waals surface area contributed by atoms with Gasteiger partial charge in [-0.05, 0) is 49.2 Å². The van der Waals surface area contributed by atoms with E-state index in [1.165, 1.54) is 0 Å². The van der Waals surface area contributed by atoms with E-state index < -0.39 is 0 Å². The zero-order valence-corrected chi connectivity index (χ0v) is 18.8. The number of hydrogen-bond donors (Lipinski definition) is 0. The molecule has 2 aliphatic rings. The molecule has 2 aliphatic heterocycles. The first-order valence-corrected chi connectivity index (χ1v) is 11.4. The molecule has 0 N–H and O–H groups in total. The van der Waals surface area contributed by atoms with Crippen molar-refractivity contribution in [2.24, 2.45) is 5.92 Å². The quantitative estimate of drug-likeness (QED) is 0.589. The summed E-state index contributed by atoms with van der Waals surface area (Å²) in [6.45, 7) is 4.58. The molecule has 1 amide bonds. The number of anilines is 2. The second-order valence-electron chi connectivity index (χ2n) is 8.38. The van der Waals surface area contributed by atoms with E-state index in [9.17, 15) is 4.79 Å². The number of carbonyl (C=O) groups excluding carboxylic acids is 1. The van der Waals surface area contributed by atoms with Crippen molar-refractivity contribution in [2.45, 2.75) is 12.8 Å². The van der Waals surface area contributed by atoms with Crippen LogP contribution >= 0.6 is 0 Å². The lowest BCUT2D eigenvalue weighted by Crippen LogP contribution is -2.52. The first kappa shape index (κ1) is 21.2. The summed E-state index contributed by atoms with van der Waals surface area (Å²) >= 11 is 0. The topological polar surface area (TPSA) is 87.8 Å². The molecule has 172 valence electrons. The summed E-state index contributed by atoms with van der Waals surface area (Å²) in [6.07, 6.45) is 3.39. The highest BCUT2D eigenvalue weighted by molar-refractivity contribution is 5.79. The summed E-state index contributed by atoms with van der Waals surface area (Å²) in [4.78, 5) is 23.8. The average Bonchev–Trinajstić information content (AvgIpc) is 3.39. The van der Waals surface area contributed by atoms with Gasteiger partial charge < -0.3 is 23.9 Å². The predicted octanol–water partition coefficient (Wildman–Crippen LogP) is 2.71. The SMILES string of the molecule is COc1ccc(-c2nnc(N3CCC(C(=O)N4CCN(c5ccccn5)CC4)CC3)o2)cc1. The van der Waals surface area contributed by atoms with E-state index in [4.69, 9.17) is 9.15 Å². The van der Waals surface area contributed by atoms with Gasteiger partial charge in [-0.1, -0.05) is 11.2 Å². The molecule has 0 unspecified atom stereocenters. The van der Waals surface area contributed by atoms with Crippen molar-refractivity contribution in [1.82, 2.24) is 20.1 Å². The van der Waals surface area contributed by atoms with Crippen molar-refractivity contribution in [3.8, 4) is 17.2 Å². The van der Waals surface area contributed by atoms with Gasteiger partial charge in [-0.25, -0.2) is 4.98 Å². The number of piperazine rings is 1. The summed E-state index contributed by atoms with van der Waals surface area (Å²) in [5, 5.41) is 8.42. The Morgan fingerprint density at radius 1 is 0.939 bits per heavy atom. The second-order valence-corrected chi connectivity index (χ2v) is 8.38. The molecule has 0 aliphatic carbocycles. The number of aromatic nitrogens is 3. The highest BCUT2D eigenvalue weighted by atomic mass is 16.5. The Balaban J connectivity index is 1.13. The fourth-order valence-electron chi connectivity index (χ4n) is 4.47. The summed E-state index contributed by atoms with van der Waals surface area (Å²) in [5.74, 6) is 2.55. The molecule has 0 radical (unpaired) electrons. The Morgan fingerprint density at radius 2 is 1.70 bits per heavy atom. The van der Waals surface area contributed by atoms with E-state index in [1.54, 1.807) is 7.11 Å². The maximum atomic E-state index is 13.1. The van der Waals surface area contributed by atoms with Gasteiger partial charge in [-0.2, -0.15) is 0 Å². The van der Waals surface area contributed by atoms with Gasteiger partial charge in [0.2, 0.25) is 11.8 Å². The first-order chi connectivity index (χ1) is 16.2. The van der Waals surface area contributed by atoms with Crippen LogP contribution in [0.1, 0.15) is 12.8 Å². The molecular formula is C24H28N6O3. The third-order valence-electron chi connectivity index (χ3n) is 6.43. The summed E-state index contributed by atoms with van der Waals surface area (Å²) < 4.78 is 11.1. The number of rotatable bonds is 5. The predicted molar refractivity (Wildman–Crippen MR) is 124 cm³/mol. The number of methoxy groups -OCH3 is 1. The number of carbonyl (C=O) groups is 1. The van der Waals surface area contributed by atoms with E-state index in [0.717, 1.165) is 69.2 Å². The minimum atomic E-state index is 0.0478. The number of ether oxygens (including phenoxy) is 1. The van der Waals surface area contributed by atoms with Crippen LogP contribution in [0.5, 0.6) is 5.75 Å². The summed E-state index contributed by atoms with van der Waals surface area (Å²) in [7, 11) is 1.64. The van der Waals surface area contributed by atoms with Crippen LogP contribution in [0.3, 0.4) is 0 Å². The molecule has 9 heteroatoms. The largest absolute Gasteiger partial charge is 0.497 e. The molecule has 0 saturated carbocycles. The Morgan fingerprint density at radius 3 is 2.36 bits per heavy atom. The van der Waals surface area contributed by atoms with Crippen LogP contribution in [-0.4, -0.2) is 72.4 Å². The van der Waals surface area contributed by atoms with Crippen molar-refractivity contribution < 1.29 is 13.9 Å². The zero-order chi connectivity index (χ0) is 22.6. The van der Waals surface area contributed by atoms with Crippen LogP contribution in [0.4, 0.5) is 11.8 Å². The minimum absolute atomic E-state index is 0.0478. The first-order valence-electron chi connectivity index (χ1n) is 11.4. The molecule has 2 fully saturated rings. The van der Waals surface area contributed by atoms with Crippen molar-refractivity contribution in [2.75, 3.05) is 56.2 Å². The van der Waals surface area contributed by atoms with Crippen molar-refractivity contribution in [3.63, 3.8) is 0 Å². The van der Waals surface area contributed by atoms with Gasteiger partial charge in [0.25, 0.3) is 0 Å². The van der Waals surface area contributed by atoms with Gasteiger partial charge in [-0.15, -0.1) is 5.10 Å². The number of pyridine rings is 1. The molecule has 2 aromatic heterocycles. The Labute approximate surface area is 193 Å². The van der Waals surface area contributed by atoms with E-state index in [-0.39, 0.29) is 11.8 Å². The normalized spacial score (nSPS) is 17.3. The fraction of sp³-hybridized carbons (Fsp3) is 0.417. The van der Waals surface area contributed by atoms with Gasteiger partial charge in [0.05, 0.1) is 7.11 Å². The van der Waals surface area contributed by atoms with E-state index in [0.29, 0.717) is 11.9 Å². The lowest BCUT2D eigenvalue weighted by Gasteiger charge is -2.38. The van der Waals surface area contributed by atoms with Gasteiger partial charge in [-0.3, -0.25) is 4.79 Å². The number of amides is 1. The standard InChI is InChI=1S/C24H28N6O3/c1-32-20-7-5-18(6-8-20)22-26-27-24(33-22)30-12-9-19(10-13-30)23(31)29-16-14-28(15-17-29)21-4-2-3-11-25-21/h2-8,11,19H,9-10,12-17H2,1H3. The van der Waals surface area contributed by atoms with Crippen molar-refractivity contribution in [3.05, 3.63) is 48.7 Å². The van der Waals surface area contributed by atoms with Crippen LogP contribution in [0.25, 0.3) is 11.5 Å².